The molecule has 0 bridgehead atoms. The minimum absolute atomic E-state index is 0.412. The van der Waals surface area contributed by atoms with Crippen LogP contribution in [0.25, 0.3) is 0 Å². The van der Waals surface area contributed by atoms with Crippen LogP contribution in [0.4, 0.5) is 9.59 Å². The van der Waals surface area contributed by atoms with Crippen molar-refractivity contribution in [3.63, 3.8) is 0 Å². The molecule has 2 amide bonds. The van der Waals surface area contributed by atoms with Crippen LogP contribution in [0.3, 0.4) is 0 Å². The molecule has 2 rings (SSSR count). The Hall–Kier alpha value is -3.35. The van der Waals surface area contributed by atoms with Gasteiger partial charge in [-0.2, -0.15) is 5.10 Å². The smallest absolute Gasteiger partial charge is 0.440 e. The Kier molecular flexibility index (Phi) is 7.77. The zero-order chi connectivity index (χ0) is 21.4. The predicted octanol–water partition coefficient (Wildman–Crippen LogP) is 4.84. The first kappa shape index (κ1) is 21.9. The maximum Gasteiger partial charge on any atom is 0.440 e. The van der Waals surface area contributed by atoms with Gasteiger partial charge in [0.2, 0.25) is 0 Å². The maximum atomic E-state index is 12.6. The van der Waals surface area contributed by atoms with Gasteiger partial charge in [-0.3, -0.25) is 0 Å². The SMILES string of the molecule is COc1ccc(/C(=N\N(C(=O)OC(C)C)C(=O)OC(C)C)c2ccccc2)cc1. The monoisotopic (exact) mass is 398 g/mol. The fourth-order valence-corrected chi connectivity index (χ4v) is 2.39. The van der Waals surface area contributed by atoms with Crippen molar-refractivity contribution in [2.75, 3.05) is 7.11 Å². The fourth-order valence-electron chi connectivity index (χ4n) is 2.39. The van der Waals surface area contributed by atoms with Gasteiger partial charge in [-0.15, -0.1) is 0 Å². The molecule has 0 aliphatic carbocycles. The summed E-state index contributed by atoms with van der Waals surface area (Å²) in [6.45, 7) is 6.76. The molecule has 29 heavy (non-hydrogen) atoms. The van der Waals surface area contributed by atoms with Crippen molar-refractivity contribution in [3.8, 4) is 5.75 Å². The number of benzene rings is 2. The van der Waals surface area contributed by atoms with Gasteiger partial charge in [0, 0.05) is 11.1 Å². The molecule has 0 aliphatic heterocycles. The molecule has 0 saturated carbocycles. The number of hydrogen-bond acceptors (Lipinski definition) is 6. The van der Waals surface area contributed by atoms with Crippen LogP contribution in [0.1, 0.15) is 38.8 Å². The molecule has 0 aromatic heterocycles. The number of carbonyl (C=O) groups is 2. The Balaban J connectivity index is 2.55. The Bertz CT molecular complexity index is 823. The molecule has 0 radical (unpaired) electrons. The third-order valence-corrected chi connectivity index (χ3v) is 3.63. The predicted molar refractivity (Wildman–Crippen MR) is 110 cm³/mol. The molecule has 154 valence electrons. The highest BCUT2D eigenvalue weighted by Crippen LogP contribution is 2.18. The summed E-state index contributed by atoms with van der Waals surface area (Å²) in [7, 11) is 1.58. The zero-order valence-corrected chi connectivity index (χ0v) is 17.3. The average molecular weight is 398 g/mol. The van der Waals surface area contributed by atoms with E-state index in [0.717, 1.165) is 5.56 Å². The lowest BCUT2D eigenvalue weighted by molar-refractivity contribution is 0.0518. The van der Waals surface area contributed by atoms with Gasteiger partial charge >= 0.3 is 12.2 Å². The van der Waals surface area contributed by atoms with E-state index in [9.17, 15) is 9.59 Å². The van der Waals surface area contributed by atoms with Crippen molar-refractivity contribution >= 4 is 17.9 Å². The van der Waals surface area contributed by atoms with Gasteiger partial charge in [0.15, 0.2) is 0 Å². The second kappa shape index (κ2) is 10.3. The van der Waals surface area contributed by atoms with Crippen LogP contribution in [-0.2, 0) is 9.47 Å². The number of nitrogens with zero attached hydrogens (tertiary/aromatic N) is 2. The van der Waals surface area contributed by atoms with E-state index in [1.807, 2.05) is 30.3 Å². The maximum absolute atomic E-state index is 12.6. The van der Waals surface area contributed by atoms with Crippen LogP contribution in [0.2, 0.25) is 0 Å². The van der Waals surface area contributed by atoms with Crippen LogP contribution in [0.15, 0.2) is 59.7 Å². The van der Waals surface area contributed by atoms with Gasteiger partial charge in [0.1, 0.15) is 5.75 Å². The van der Waals surface area contributed by atoms with Crippen LogP contribution < -0.4 is 4.74 Å². The standard InChI is InChI=1S/C22H26N2O5/c1-15(2)28-21(25)24(22(26)29-16(3)4)23-20(17-9-7-6-8-10-17)18-11-13-19(27-5)14-12-18/h6-16H,1-5H3/b23-20-. The second-order valence-corrected chi connectivity index (χ2v) is 6.72. The molecule has 0 spiro atoms. The molecule has 0 heterocycles. The number of imide groups is 1. The largest absolute Gasteiger partial charge is 0.497 e. The minimum Gasteiger partial charge on any atom is -0.497 e. The molecular formula is C22H26N2O5. The van der Waals surface area contributed by atoms with Crippen LogP contribution in [0.5, 0.6) is 5.75 Å². The van der Waals surface area contributed by atoms with Crippen LogP contribution in [0, 0.1) is 0 Å². The van der Waals surface area contributed by atoms with Crippen molar-refractivity contribution in [2.24, 2.45) is 5.10 Å². The molecule has 2 aromatic carbocycles. The molecule has 2 aromatic rings. The molecule has 0 saturated heterocycles. The molecule has 0 N–H and O–H groups in total. The van der Waals surface area contributed by atoms with Crippen molar-refractivity contribution in [2.45, 2.75) is 39.9 Å². The van der Waals surface area contributed by atoms with Crippen LogP contribution >= 0.6 is 0 Å². The molecule has 0 atom stereocenters. The van der Waals surface area contributed by atoms with Gasteiger partial charge in [0.05, 0.1) is 25.0 Å². The number of amides is 2. The van der Waals surface area contributed by atoms with Crippen molar-refractivity contribution in [1.82, 2.24) is 5.01 Å². The van der Waals surface area contributed by atoms with Crippen molar-refractivity contribution in [1.29, 1.82) is 0 Å². The van der Waals surface area contributed by atoms with Gasteiger partial charge in [-0.05, 0) is 52.0 Å². The topological polar surface area (TPSA) is 77.4 Å². The Morgan fingerprint density at radius 1 is 0.793 bits per heavy atom. The zero-order valence-electron chi connectivity index (χ0n) is 17.3. The number of ether oxygens (including phenoxy) is 3. The van der Waals surface area contributed by atoms with E-state index in [1.54, 1.807) is 59.1 Å². The van der Waals surface area contributed by atoms with E-state index >= 15 is 0 Å². The number of rotatable bonds is 6. The van der Waals surface area contributed by atoms with E-state index in [0.29, 0.717) is 22.0 Å². The lowest BCUT2D eigenvalue weighted by Crippen LogP contribution is -2.37. The van der Waals surface area contributed by atoms with E-state index < -0.39 is 24.4 Å². The minimum atomic E-state index is -0.910. The van der Waals surface area contributed by atoms with Gasteiger partial charge < -0.3 is 14.2 Å². The first-order valence-corrected chi connectivity index (χ1v) is 9.31. The molecule has 7 nitrogen and oxygen atoms in total. The second-order valence-electron chi connectivity index (χ2n) is 6.72. The number of carbonyl (C=O) groups excluding carboxylic acids is 2. The highest BCUT2D eigenvalue weighted by Gasteiger charge is 2.27. The molecule has 0 unspecified atom stereocenters. The van der Waals surface area contributed by atoms with Gasteiger partial charge in [0.25, 0.3) is 0 Å². The summed E-state index contributed by atoms with van der Waals surface area (Å²) in [6.07, 6.45) is -2.67. The summed E-state index contributed by atoms with van der Waals surface area (Å²) in [5.41, 5.74) is 1.82. The summed E-state index contributed by atoms with van der Waals surface area (Å²) in [5.74, 6) is 0.677. The Morgan fingerprint density at radius 2 is 1.28 bits per heavy atom. The first-order chi connectivity index (χ1) is 13.8. The summed E-state index contributed by atoms with van der Waals surface area (Å²) < 4.78 is 15.6. The van der Waals surface area contributed by atoms with E-state index in [1.165, 1.54) is 0 Å². The van der Waals surface area contributed by atoms with Gasteiger partial charge in [-0.25, -0.2) is 9.59 Å². The highest BCUT2D eigenvalue weighted by atomic mass is 16.6. The first-order valence-electron chi connectivity index (χ1n) is 9.31. The summed E-state index contributed by atoms with van der Waals surface area (Å²) in [5, 5.41) is 4.96. The summed E-state index contributed by atoms with van der Waals surface area (Å²) in [6, 6.07) is 16.4. The normalized spacial score (nSPS) is 11.3. The van der Waals surface area contributed by atoms with Crippen molar-refractivity contribution < 1.29 is 23.8 Å². The fraction of sp³-hybridized carbons (Fsp3) is 0.318. The quantitative estimate of drug-likeness (QED) is 0.514. The molecular weight excluding hydrogens is 372 g/mol. The summed E-state index contributed by atoms with van der Waals surface area (Å²) >= 11 is 0. The Morgan fingerprint density at radius 3 is 1.72 bits per heavy atom. The van der Waals surface area contributed by atoms with E-state index in [2.05, 4.69) is 5.10 Å². The van der Waals surface area contributed by atoms with E-state index in [4.69, 9.17) is 14.2 Å². The number of methoxy groups -OCH3 is 1. The number of hydrazone groups is 1. The molecule has 0 fully saturated rings. The lowest BCUT2D eigenvalue weighted by Gasteiger charge is -2.20. The molecule has 7 heteroatoms. The van der Waals surface area contributed by atoms with Crippen LogP contribution in [-0.4, -0.2) is 42.2 Å². The lowest BCUT2D eigenvalue weighted by atomic mass is 10.0. The average Bonchev–Trinajstić information content (AvgIpc) is 2.68. The van der Waals surface area contributed by atoms with Gasteiger partial charge in [-0.1, -0.05) is 35.3 Å². The van der Waals surface area contributed by atoms with Crippen molar-refractivity contribution in [3.05, 3.63) is 65.7 Å². The highest BCUT2D eigenvalue weighted by molar-refractivity contribution is 6.13. The van der Waals surface area contributed by atoms with E-state index in [-0.39, 0.29) is 0 Å². The molecule has 0 aliphatic rings. The third-order valence-electron chi connectivity index (χ3n) is 3.63. The number of hydrogen-bond donors (Lipinski definition) is 0. The summed E-state index contributed by atoms with van der Waals surface area (Å²) in [4.78, 5) is 25.1. The Labute approximate surface area is 170 Å². The third kappa shape index (κ3) is 6.34.